The maximum Gasteiger partial charge on any atom is 0.230 e. The molecule has 0 unspecified atom stereocenters. The summed E-state index contributed by atoms with van der Waals surface area (Å²) in [5.74, 6) is 0.853. The third-order valence-corrected chi connectivity index (χ3v) is 6.50. The zero-order chi connectivity index (χ0) is 20.6. The van der Waals surface area contributed by atoms with Gasteiger partial charge in [0.1, 0.15) is 0 Å². The van der Waals surface area contributed by atoms with E-state index in [2.05, 4.69) is 13.8 Å². The van der Waals surface area contributed by atoms with Gasteiger partial charge in [0, 0.05) is 22.9 Å². The van der Waals surface area contributed by atoms with Crippen molar-refractivity contribution in [2.45, 2.75) is 57.3 Å². The van der Waals surface area contributed by atoms with Crippen molar-refractivity contribution in [3.05, 3.63) is 60.2 Å². The number of carbonyl (C=O) groups excluding carboxylic acids is 2. The Morgan fingerprint density at radius 3 is 2.31 bits per heavy atom. The van der Waals surface area contributed by atoms with Crippen LogP contribution in [-0.2, 0) is 4.79 Å². The molecule has 0 aliphatic heterocycles. The van der Waals surface area contributed by atoms with Gasteiger partial charge in [-0.3, -0.25) is 9.59 Å². The van der Waals surface area contributed by atoms with Crippen molar-refractivity contribution in [3.63, 3.8) is 0 Å². The predicted octanol–water partition coefficient (Wildman–Crippen LogP) is 6.58. The summed E-state index contributed by atoms with van der Waals surface area (Å²) in [6, 6.07) is 17.2. The molecule has 29 heavy (non-hydrogen) atoms. The summed E-state index contributed by atoms with van der Waals surface area (Å²) in [6.45, 7) is 5.07. The van der Waals surface area contributed by atoms with Gasteiger partial charge in [-0.15, -0.1) is 0 Å². The second-order valence-corrected chi connectivity index (χ2v) is 9.25. The number of hydrogen-bond acceptors (Lipinski definition) is 3. The Labute approximate surface area is 178 Å². The maximum atomic E-state index is 13.5. The predicted molar refractivity (Wildman–Crippen MR) is 121 cm³/mol. The van der Waals surface area contributed by atoms with E-state index < -0.39 is 0 Å². The molecule has 154 valence electrons. The largest absolute Gasteiger partial charge is 0.311 e. The lowest BCUT2D eigenvalue weighted by molar-refractivity contribution is -0.123. The van der Waals surface area contributed by atoms with E-state index in [1.807, 2.05) is 59.5 Å². The van der Waals surface area contributed by atoms with Crippen molar-refractivity contribution >= 4 is 28.5 Å². The van der Waals surface area contributed by atoms with E-state index in [0.29, 0.717) is 18.0 Å². The topological polar surface area (TPSA) is 37.4 Å². The molecule has 1 aliphatic carbocycles. The van der Waals surface area contributed by atoms with Crippen LogP contribution in [0.3, 0.4) is 0 Å². The summed E-state index contributed by atoms with van der Waals surface area (Å²) in [7, 11) is 0. The Morgan fingerprint density at radius 1 is 0.966 bits per heavy atom. The van der Waals surface area contributed by atoms with Crippen LogP contribution >= 0.6 is 11.8 Å². The van der Waals surface area contributed by atoms with Crippen LogP contribution in [0.4, 0.5) is 5.69 Å². The van der Waals surface area contributed by atoms with Crippen LogP contribution in [0.2, 0.25) is 0 Å². The van der Waals surface area contributed by atoms with E-state index in [1.165, 1.54) is 18.2 Å². The molecule has 0 bridgehead atoms. The highest BCUT2D eigenvalue weighted by Gasteiger charge is 2.28. The highest BCUT2D eigenvalue weighted by Crippen LogP contribution is 2.35. The summed E-state index contributed by atoms with van der Waals surface area (Å²) in [4.78, 5) is 29.0. The molecule has 0 aromatic heterocycles. The van der Waals surface area contributed by atoms with Crippen LogP contribution in [0, 0.1) is 11.8 Å². The average molecular weight is 410 g/mol. The molecular formula is C25H31NO2S. The normalized spacial score (nSPS) is 14.7. The fourth-order valence-electron chi connectivity index (χ4n) is 3.81. The fourth-order valence-corrected chi connectivity index (χ4v) is 4.69. The molecule has 4 heteroatoms. The van der Waals surface area contributed by atoms with E-state index in [-0.39, 0.29) is 16.9 Å². The number of rotatable bonds is 7. The second-order valence-electron chi connectivity index (χ2n) is 8.23. The van der Waals surface area contributed by atoms with Gasteiger partial charge in [-0.2, -0.15) is 0 Å². The van der Waals surface area contributed by atoms with Crippen LogP contribution in [0.5, 0.6) is 0 Å². The lowest BCUT2D eigenvalue weighted by Crippen LogP contribution is -2.38. The second kappa shape index (κ2) is 10.6. The molecule has 0 saturated heterocycles. The van der Waals surface area contributed by atoms with Crippen LogP contribution < -0.4 is 4.90 Å². The molecular weight excluding hydrogens is 378 g/mol. The highest BCUT2D eigenvalue weighted by atomic mass is 32.2. The van der Waals surface area contributed by atoms with Crippen molar-refractivity contribution in [1.82, 2.24) is 0 Å². The fraction of sp³-hybridized carbons (Fsp3) is 0.440. The third kappa shape index (κ3) is 5.96. The summed E-state index contributed by atoms with van der Waals surface area (Å²) in [5, 5.41) is 0.00646. The van der Waals surface area contributed by atoms with Gasteiger partial charge < -0.3 is 4.90 Å². The number of amides is 1. The van der Waals surface area contributed by atoms with Gasteiger partial charge in [0.25, 0.3) is 0 Å². The minimum Gasteiger partial charge on any atom is -0.311 e. The van der Waals surface area contributed by atoms with Crippen molar-refractivity contribution in [2.24, 2.45) is 11.8 Å². The van der Waals surface area contributed by atoms with Crippen molar-refractivity contribution in [1.29, 1.82) is 0 Å². The van der Waals surface area contributed by atoms with Gasteiger partial charge in [0.2, 0.25) is 11.0 Å². The first-order valence-corrected chi connectivity index (χ1v) is 11.6. The molecule has 1 amide bonds. The van der Waals surface area contributed by atoms with Crippen molar-refractivity contribution < 1.29 is 9.59 Å². The quantitative estimate of drug-likeness (QED) is 0.485. The average Bonchev–Trinajstić information content (AvgIpc) is 2.75. The number of benzene rings is 2. The molecule has 2 aromatic rings. The molecule has 0 atom stereocenters. The number of anilines is 1. The van der Waals surface area contributed by atoms with E-state index in [0.717, 1.165) is 42.7 Å². The first kappa shape index (κ1) is 21.6. The first-order chi connectivity index (χ1) is 14.1. The summed E-state index contributed by atoms with van der Waals surface area (Å²) >= 11 is 1.22. The zero-order valence-electron chi connectivity index (χ0n) is 17.5. The van der Waals surface area contributed by atoms with Gasteiger partial charge in [0.05, 0.1) is 5.69 Å². The van der Waals surface area contributed by atoms with Crippen LogP contribution in [0.25, 0.3) is 0 Å². The standard InChI is InChI=1S/C25H31NO2S/c1-19(2)17-18-26(24(27)20-11-5-3-6-12-20)22-15-9-10-16-23(22)29-25(28)21-13-7-4-8-14-21/h4,7-10,13-16,19-20H,3,5-6,11-12,17-18H2,1-2H3. The minimum absolute atomic E-state index is 0.00646. The Morgan fingerprint density at radius 2 is 1.62 bits per heavy atom. The van der Waals surface area contributed by atoms with Gasteiger partial charge in [-0.1, -0.05) is 75.6 Å². The Bertz CT molecular complexity index is 813. The van der Waals surface area contributed by atoms with Crippen molar-refractivity contribution in [2.75, 3.05) is 11.4 Å². The SMILES string of the molecule is CC(C)CCN(C(=O)C1CCCCC1)c1ccccc1SC(=O)c1ccccc1. The summed E-state index contributed by atoms with van der Waals surface area (Å²) in [5.41, 5.74) is 1.55. The van der Waals surface area contributed by atoms with E-state index in [9.17, 15) is 9.59 Å². The smallest absolute Gasteiger partial charge is 0.230 e. The zero-order valence-corrected chi connectivity index (χ0v) is 18.3. The van der Waals surface area contributed by atoms with Crippen molar-refractivity contribution in [3.8, 4) is 0 Å². The van der Waals surface area contributed by atoms with E-state index in [4.69, 9.17) is 0 Å². The van der Waals surface area contributed by atoms with Gasteiger partial charge in [0.15, 0.2) is 0 Å². The summed E-state index contributed by atoms with van der Waals surface area (Å²) in [6.07, 6.45) is 6.41. The number of carbonyl (C=O) groups is 2. The number of para-hydroxylation sites is 1. The van der Waals surface area contributed by atoms with Gasteiger partial charge in [-0.25, -0.2) is 0 Å². The number of nitrogens with zero attached hydrogens (tertiary/aromatic N) is 1. The maximum absolute atomic E-state index is 13.5. The molecule has 3 nitrogen and oxygen atoms in total. The van der Waals surface area contributed by atoms with Gasteiger partial charge in [-0.05, 0) is 49.1 Å². The lowest BCUT2D eigenvalue weighted by atomic mass is 9.88. The van der Waals surface area contributed by atoms with Gasteiger partial charge >= 0.3 is 0 Å². The number of thioether (sulfide) groups is 1. The van der Waals surface area contributed by atoms with Crippen LogP contribution in [0.1, 0.15) is 62.7 Å². The molecule has 3 rings (SSSR count). The molecule has 2 aromatic carbocycles. The third-order valence-electron chi connectivity index (χ3n) is 5.52. The Hall–Kier alpha value is -2.07. The van der Waals surface area contributed by atoms with E-state index >= 15 is 0 Å². The molecule has 0 spiro atoms. The molecule has 0 heterocycles. The van der Waals surface area contributed by atoms with E-state index in [1.54, 1.807) is 0 Å². The monoisotopic (exact) mass is 409 g/mol. The Kier molecular flexibility index (Phi) is 7.93. The Balaban J connectivity index is 1.86. The first-order valence-electron chi connectivity index (χ1n) is 10.7. The molecule has 0 N–H and O–H groups in total. The van der Waals surface area contributed by atoms with Crippen LogP contribution in [0.15, 0.2) is 59.5 Å². The lowest BCUT2D eigenvalue weighted by Gasteiger charge is -2.31. The van der Waals surface area contributed by atoms with Crippen LogP contribution in [-0.4, -0.2) is 17.6 Å². The molecule has 0 radical (unpaired) electrons. The molecule has 1 fully saturated rings. The number of hydrogen-bond donors (Lipinski definition) is 0. The minimum atomic E-state index is 0.00646. The molecule has 1 aliphatic rings. The highest BCUT2D eigenvalue weighted by molar-refractivity contribution is 8.14. The summed E-state index contributed by atoms with van der Waals surface area (Å²) < 4.78 is 0. The molecule has 1 saturated carbocycles.